The molecule has 0 spiro atoms. The van der Waals surface area contributed by atoms with Crippen molar-refractivity contribution in [2.75, 3.05) is 24.7 Å². The average Bonchev–Trinajstić information content (AvgIpc) is 2.38. The van der Waals surface area contributed by atoms with Gasteiger partial charge in [-0.1, -0.05) is 0 Å². The zero-order valence-corrected chi connectivity index (χ0v) is 10.7. The van der Waals surface area contributed by atoms with Gasteiger partial charge in [0.1, 0.15) is 0 Å². The van der Waals surface area contributed by atoms with Gasteiger partial charge < -0.3 is 15.2 Å². The molecule has 6 heteroatoms. The Hall–Kier alpha value is -0.170. The quantitative estimate of drug-likeness (QED) is 0.625. The van der Waals surface area contributed by atoms with E-state index in [-0.39, 0.29) is 23.7 Å². The van der Waals surface area contributed by atoms with Crippen LogP contribution in [0.5, 0.6) is 0 Å². The number of rotatable bonds is 6. The molecule has 96 valence electrons. The first-order valence-electron chi connectivity index (χ1n) is 5.64. The largest absolute Gasteiger partial charge is 0.390 e. The van der Waals surface area contributed by atoms with Crippen molar-refractivity contribution in [1.82, 2.24) is 5.32 Å². The number of hydrogen-bond donors (Lipinski definition) is 2. The van der Waals surface area contributed by atoms with E-state index in [1.54, 1.807) is 0 Å². The van der Waals surface area contributed by atoms with Gasteiger partial charge in [-0.15, -0.1) is 0 Å². The molecule has 5 nitrogen and oxygen atoms in total. The first-order chi connectivity index (χ1) is 7.41. The van der Waals surface area contributed by atoms with Crippen LogP contribution < -0.4 is 5.32 Å². The molecule has 2 atom stereocenters. The van der Waals surface area contributed by atoms with Crippen LogP contribution in [0.3, 0.4) is 0 Å². The van der Waals surface area contributed by atoms with Crippen LogP contribution in [0, 0.1) is 0 Å². The second-order valence-corrected chi connectivity index (χ2v) is 6.63. The molecule has 16 heavy (non-hydrogen) atoms. The van der Waals surface area contributed by atoms with Gasteiger partial charge in [-0.3, -0.25) is 0 Å². The minimum Gasteiger partial charge on any atom is -0.390 e. The Balaban J connectivity index is 2.14. The fourth-order valence-corrected chi connectivity index (χ4v) is 3.48. The van der Waals surface area contributed by atoms with E-state index in [0.29, 0.717) is 13.2 Å². The Labute approximate surface area is 97.1 Å². The van der Waals surface area contributed by atoms with Gasteiger partial charge in [0.2, 0.25) is 0 Å². The lowest BCUT2D eigenvalue weighted by atomic mass is 10.2. The number of hydrogen-bond acceptors (Lipinski definition) is 5. The number of ether oxygens (including phenoxy) is 1. The topological polar surface area (TPSA) is 75.6 Å². The third-order valence-electron chi connectivity index (χ3n) is 2.50. The predicted molar refractivity (Wildman–Crippen MR) is 62.2 cm³/mol. The standard InChI is InChI=1S/C10H21NO4S/c1-8(2)15-5-3-4-11-9-6-16(13,14)7-10(9)12/h8-12H,3-7H2,1-2H3/t9-,10-/m1/s1. The molecule has 0 unspecified atom stereocenters. The highest BCUT2D eigenvalue weighted by Gasteiger charge is 2.35. The molecule has 1 saturated heterocycles. The van der Waals surface area contributed by atoms with Crippen LogP contribution in [0.1, 0.15) is 20.3 Å². The van der Waals surface area contributed by atoms with E-state index in [2.05, 4.69) is 5.32 Å². The average molecular weight is 251 g/mol. The van der Waals surface area contributed by atoms with Gasteiger partial charge in [-0.05, 0) is 26.8 Å². The summed E-state index contributed by atoms with van der Waals surface area (Å²) in [6.45, 7) is 5.27. The maximum atomic E-state index is 11.2. The molecule has 0 radical (unpaired) electrons. The van der Waals surface area contributed by atoms with Crippen molar-refractivity contribution in [2.45, 2.75) is 38.5 Å². The summed E-state index contributed by atoms with van der Waals surface area (Å²) < 4.78 is 27.8. The van der Waals surface area contributed by atoms with Crippen molar-refractivity contribution in [3.8, 4) is 0 Å². The summed E-state index contributed by atoms with van der Waals surface area (Å²) in [6, 6.07) is -0.316. The number of aliphatic hydroxyl groups is 1. The maximum absolute atomic E-state index is 11.2. The molecule has 1 aliphatic rings. The molecule has 1 fully saturated rings. The van der Waals surface area contributed by atoms with Gasteiger partial charge in [0.05, 0.1) is 23.7 Å². The molecule has 0 amide bonds. The first kappa shape index (κ1) is 13.9. The molecule has 2 N–H and O–H groups in total. The second kappa shape index (κ2) is 5.95. The molecule has 0 bridgehead atoms. The zero-order valence-electron chi connectivity index (χ0n) is 9.85. The smallest absolute Gasteiger partial charge is 0.154 e. The molecule has 0 aromatic rings. The van der Waals surface area contributed by atoms with Crippen molar-refractivity contribution in [3.05, 3.63) is 0 Å². The summed E-state index contributed by atoms with van der Waals surface area (Å²) >= 11 is 0. The van der Waals surface area contributed by atoms with Gasteiger partial charge in [0.15, 0.2) is 9.84 Å². The Bertz CT molecular complexity index is 302. The Kier molecular flexibility index (Phi) is 5.17. The van der Waals surface area contributed by atoms with E-state index in [0.717, 1.165) is 6.42 Å². The highest BCUT2D eigenvalue weighted by Crippen LogP contribution is 2.12. The summed E-state index contributed by atoms with van der Waals surface area (Å²) in [5, 5.41) is 12.5. The summed E-state index contributed by atoms with van der Waals surface area (Å²) in [5.74, 6) is -0.0770. The summed E-state index contributed by atoms with van der Waals surface area (Å²) in [5.41, 5.74) is 0. The van der Waals surface area contributed by atoms with Gasteiger partial charge in [0.25, 0.3) is 0 Å². The molecular weight excluding hydrogens is 230 g/mol. The number of nitrogens with one attached hydrogen (secondary N) is 1. The molecule has 1 aliphatic heterocycles. The molecular formula is C10H21NO4S. The SMILES string of the molecule is CC(C)OCCCN[C@@H]1CS(=O)(=O)C[C@H]1O. The maximum Gasteiger partial charge on any atom is 0.154 e. The molecule has 0 aliphatic carbocycles. The highest BCUT2D eigenvalue weighted by atomic mass is 32.2. The zero-order chi connectivity index (χ0) is 12.2. The predicted octanol–water partition coefficient (Wildman–Crippen LogP) is -0.451. The van der Waals surface area contributed by atoms with Crippen LogP contribution >= 0.6 is 0 Å². The van der Waals surface area contributed by atoms with E-state index in [9.17, 15) is 13.5 Å². The third-order valence-corrected chi connectivity index (χ3v) is 4.22. The summed E-state index contributed by atoms with van der Waals surface area (Å²) in [7, 11) is -3.04. The Morgan fingerprint density at radius 2 is 2.12 bits per heavy atom. The lowest BCUT2D eigenvalue weighted by molar-refractivity contribution is 0.0756. The van der Waals surface area contributed by atoms with Crippen molar-refractivity contribution in [1.29, 1.82) is 0 Å². The number of aliphatic hydroxyl groups excluding tert-OH is 1. The second-order valence-electron chi connectivity index (χ2n) is 4.48. The highest BCUT2D eigenvalue weighted by molar-refractivity contribution is 7.91. The lowest BCUT2D eigenvalue weighted by Crippen LogP contribution is -2.39. The van der Waals surface area contributed by atoms with Crippen molar-refractivity contribution >= 4 is 9.84 Å². The third kappa shape index (κ3) is 4.78. The van der Waals surface area contributed by atoms with Crippen LogP contribution in [0.15, 0.2) is 0 Å². The van der Waals surface area contributed by atoms with E-state index in [1.807, 2.05) is 13.8 Å². The fraction of sp³-hybridized carbons (Fsp3) is 1.00. The number of sulfone groups is 1. The molecule has 0 saturated carbocycles. The molecule has 1 rings (SSSR count). The van der Waals surface area contributed by atoms with Crippen LogP contribution in [-0.4, -0.2) is 56.4 Å². The fourth-order valence-electron chi connectivity index (χ4n) is 1.70. The van der Waals surface area contributed by atoms with Gasteiger partial charge in [0, 0.05) is 12.6 Å². The van der Waals surface area contributed by atoms with E-state index >= 15 is 0 Å². The van der Waals surface area contributed by atoms with Gasteiger partial charge in [-0.25, -0.2) is 8.42 Å². The van der Waals surface area contributed by atoms with Crippen LogP contribution in [0.4, 0.5) is 0 Å². The monoisotopic (exact) mass is 251 g/mol. The van der Waals surface area contributed by atoms with E-state index in [1.165, 1.54) is 0 Å². The Morgan fingerprint density at radius 3 is 2.62 bits per heavy atom. The van der Waals surface area contributed by atoms with Crippen molar-refractivity contribution in [2.24, 2.45) is 0 Å². The molecule has 1 heterocycles. The summed E-state index contributed by atoms with van der Waals surface area (Å²) in [6.07, 6.45) is 0.273. The lowest BCUT2D eigenvalue weighted by Gasteiger charge is -2.15. The van der Waals surface area contributed by atoms with Crippen molar-refractivity contribution < 1.29 is 18.3 Å². The summed E-state index contributed by atoms with van der Waals surface area (Å²) in [4.78, 5) is 0. The van der Waals surface area contributed by atoms with Crippen LogP contribution in [-0.2, 0) is 14.6 Å². The minimum atomic E-state index is -3.04. The van der Waals surface area contributed by atoms with Gasteiger partial charge >= 0.3 is 0 Å². The first-order valence-corrected chi connectivity index (χ1v) is 7.46. The Morgan fingerprint density at radius 1 is 1.44 bits per heavy atom. The van der Waals surface area contributed by atoms with E-state index < -0.39 is 15.9 Å². The normalized spacial score (nSPS) is 28.8. The van der Waals surface area contributed by atoms with Crippen molar-refractivity contribution in [3.63, 3.8) is 0 Å². The molecule has 0 aromatic heterocycles. The minimum absolute atomic E-state index is 0.0409. The van der Waals surface area contributed by atoms with Crippen LogP contribution in [0.2, 0.25) is 0 Å². The van der Waals surface area contributed by atoms with Gasteiger partial charge in [-0.2, -0.15) is 0 Å². The van der Waals surface area contributed by atoms with Crippen LogP contribution in [0.25, 0.3) is 0 Å². The van der Waals surface area contributed by atoms with E-state index in [4.69, 9.17) is 4.74 Å². The molecule has 0 aromatic carbocycles.